The molecule has 0 amide bonds. The van der Waals surface area contributed by atoms with Crippen LogP contribution in [0.15, 0.2) is 12.2 Å². The Bertz CT molecular complexity index is 141. The van der Waals surface area contributed by atoms with Crippen LogP contribution >= 0.6 is 0 Å². The minimum absolute atomic E-state index is 0.416. The molecule has 0 aromatic carbocycles. The Morgan fingerprint density at radius 2 is 1.71 bits per heavy atom. The molecule has 0 unspecified atom stereocenters. The van der Waals surface area contributed by atoms with Crippen LogP contribution in [-0.2, 0) is 9.53 Å². The van der Waals surface area contributed by atoms with Crippen LogP contribution in [0.25, 0.3) is 0 Å². The lowest BCUT2D eigenvalue weighted by Crippen LogP contribution is -1.85. The van der Waals surface area contributed by atoms with E-state index in [1.54, 1.807) is 0 Å². The van der Waals surface area contributed by atoms with Crippen LogP contribution < -0.4 is 0 Å². The molecule has 0 spiro atoms. The molecule has 14 heavy (non-hydrogen) atoms. The van der Waals surface area contributed by atoms with Gasteiger partial charge in [-0.25, -0.2) is 0 Å². The predicted molar refractivity (Wildman–Crippen MR) is 59.1 cm³/mol. The zero-order valence-corrected chi connectivity index (χ0v) is 9.21. The van der Waals surface area contributed by atoms with Gasteiger partial charge in [-0.15, -0.1) is 0 Å². The molecule has 0 saturated heterocycles. The Kier molecular flexibility index (Phi) is 11.5. The fourth-order valence-electron chi connectivity index (χ4n) is 1.32. The summed E-state index contributed by atoms with van der Waals surface area (Å²) in [5.74, 6) is 0. The minimum atomic E-state index is 0.416. The van der Waals surface area contributed by atoms with Crippen molar-refractivity contribution in [1.29, 1.82) is 0 Å². The molecule has 0 rings (SSSR count). The molecule has 0 heterocycles. The summed E-state index contributed by atoms with van der Waals surface area (Å²) < 4.78 is 4.53. The van der Waals surface area contributed by atoms with Gasteiger partial charge in [0.1, 0.15) is 6.61 Å². The van der Waals surface area contributed by atoms with E-state index in [1.807, 2.05) is 6.08 Å². The van der Waals surface area contributed by atoms with Crippen molar-refractivity contribution in [3.8, 4) is 0 Å². The summed E-state index contributed by atoms with van der Waals surface area (Å²) in [6, 6.07) is 0. The Balaban J connectivity index is 2.97. The number of unbranched alkanes of at least 4 members (excludes halogenated alkanes) is 6. The SMILES string of the molecule is CCCCCCCCC=CCOC=O. The van der Waals surface area contributed by atoms with E-state index >= 15 is 0 Å². The molecule has 0 aromatic heterocycles. The quantitative estimate of drug-likeness (QED) is 0.305. The van der Waals surface area contributed by atoms with Crippen LogP contribution in [0.3, 0.4) is 0 Å². The Hall–Kier alpha value is -0.790. The smallest absolute Gasteiger partial charge is 0.293 e. The van der Waals surface area contributed by atoms with Gasteiger partial charge in [0.15, 0.2) is 0 Å². The minimum Gasteiger partial charge on any atom is -0.464 e. The van der Waals surface area contributed by atoms with E-state index in [9.17, 15) is 4.79 Å². The highest BCUT2D eigenvalue weighted by molar-refractivity contribution is 5.37. The molecule has 82 valence electrons. The van der Waals surface area contributed by atoms with Crippen molar-refractivity contribution in [2.75, 3.05) is 6.61 Å². The number of rotatable bonds is 10. The third kappa shape index (κ3) is 11.2. The molecule has 0 bridgehead atoms. The molecule has 0 radical (unpaired) electrons. The Morgan fingerprint density at radius 3 is 2.43 bits per heavy atom. The number of hydrogen-bond donors (Lipinski definition) is 0. The van der Waals surface area contributed by atoms with Gasteiger partial charge in [0, 0.05) is 0 Å². The van der Waals surface area contributed by atoms with E-state index in [0.717, 1.165) is 6.42 Å². The first-order valence-electron chi connectivity index (χ1n) is 5.62. The van der Waals surface area contributed by atoms with Crippen molar-refractivity contribution in [1.82, 2.24) is 0 Å². The molecule has 0 aliphatic heterocycles. The fraction of sp³-hybridized carbons (Fsp3) is 0.750. The fourth-order valence-corrected chi connectivity index (χ4v) is 1.32. The van der Waals surface area contributed by atoms with Crippen LogP contribution in [0, 0.1) is 0 Å². The average Bonchev–Trinajstić information content (AvgIpc) is 2.21. The zero-order chi connectivity index (χ0) is 10.5. The van der Waals surface area contributed by atoms with E-state index in [-0.39, 0.29) is 0 Å². The van der Waals surface area contributed by atoms with Crippen molar-refractivity contribution in [2.24, 2.45) is 0 Å². The van der Waals surface area contributed by atoms with Gasteiger partial charge in [-0.1, -0.05) is 51.2 Å². The summed E-state index contributed by atoms with van der Waals surface area (Å²) >= 11 is 0. The molecule has 2 heteroatoms. The molecule has 0 aliphatic rings. The lowest BCUT2D eigenvalue weighted by molar-refractivity contribution is -0.127. The average molecular weight is 198 g/mol. The molecular formula is C12H22O2. The van der Waals surface area contributed by atoms with E-state index in [1.165, 1.54) is 38.5 Å². The normalized spacial score (nSPS) is 10.6. The maximum atomic E-state index is 9.78. The Morgan fingerprint density at radius 1 is 1.00 bits per heavy atom. The molecule has 0 aliphatic carbocycles. The third-order valence-electron chi connectivity index (χ3n) is 2.15. The van der Waals surface area contributed by atoms with Crippen LogP contribution in [0.4, 0.5) is 0 Å². The van der Waals surface area contributed by atoms with Gasteiger partial charge in [-0.05, 0) is 12.8 Å². The summed E-state index contributed by atoms with van der Waals surface area (Å²) in [7, 11) is 0. The van der Waals surface area contributed by atoms with Gasteiger partial charge in [0.2, 0.25) is 0 Å². The largest absolute Gasteiger partial charge is 0.464 e. The Labute approximate surface area is 87.3 Å². The molecule has 0 saturated carbocycles. The third-order valence-corrected chi connectivity index (χ3v) is 2.15. The van der Waals surface area contributed by atoms with Gasteiger partial charge >= 0.3 is 0 Å². The first-order valence-corrected chi connectivity index (χ1v) is 5.62. The highest BCUT2D eigenvalue weighted by Gasteiger charge is 1.87. The standard InChI is InChI=1S/C12H22O2/c1-2-3-4-5-6-7-8-9-10-11-14-12-13/h9-10,12H,2-8,11H2,1H3. The molecule has 0 fully saturated rings. The summed E-state index contributed by atoms with van der Waals surface area (Å²) in [6.07, 6.45) is 13.1. The highest BCUT2D eigenvalue weighted by Crippen LogP contribution is 2.06. The van der Waals surface area contributed by atoms with Crippen LogP contribution in [0.5, 0.6) is 0 Å². The van der Waals surface area contributed by atoms with Gasteiger partial charge < -0.3 is 4.74 Å². The number of ether oxygens (including phenoxy) is 1. The number of carbonyl (C=O) groups is 1. The highest BCUT2D eigenvalue weighted by atomic mass is 16.5. The summed E-state index contributed by atoms with van der Waals surface area (Å²) in [6.45, 7) is 3.13. The topological polar surface area (TPSA) is 26.3 Å². The van der Waals surface area contributed by atoms with Crippen molar-refractivity contribution in [2.45, 2.75) is 51.9 Å². The van der Waals surface area contributed by atoms with Gasteiger partial charge in [0.25, 0.3) is 6.47 Å². The molecule has 0 atom stereocenters. The number of hydrogen-bond acceptors (Lipinski definition) is 2. The number of allylic oxidation sites excluding steroid dienone is 1. The summed E-state index contributed by atoms with van der Waals surface area (Å²) in [5, 5.41) is 0. The first-order chi connectivity index (χ1) is 6.91. The number of carbonyl (C=O) groups excluding carboxylic acids is 1. The van der Waals surface area contributed by atoms with Crippen LogP contribution in [-0.4, -0.2) is 13.1 Å². The van der Waals surface area contributed by atoms with Crippen molar-refractivity contribution >= 4 is 6.47 Å². The van der Waals surface area contributed by atoms with Crippen LogP contribution in [0.1, 0.15) is 51.9 Å². The van der Waals surface area contributed by atoms with Gasteiger partial charge in [-0.2, -0.15) is 0 Å². The second-order valence-corrected chi connectivity index (χ2v) is 3.46. The van der Waals surface area contributed by atoms with E-state index in [0.29, 0.717) is 13.1 Å². The lowest BCUT2D eigenvalue weighted by atomic mass is 10.1. The van der Waals surface area contributed by atoms with Crippen molar-refractivity contribution in [3.05, 3.63) is 12.2 Å². The van der Waals surface area contributed by atoms with Gasteiger partial charge in [-0.3, -0.25) is 4.79 Å². The maximum absolute atomic E-state index is 9.78. The van der Waals surface area contributed by atoms with Crippen molar-refractivity contribution < 1.29 is 9.53 Å². The maximum Gasteiger partial charge on any atom is 0.293 e. The molecule has 2 nitrogen and oxygen atoms in total. The molecule has 0 N–H and O–H groups in total. The van der Waals surface area contributed by atoms with E-state index in [4.69, 9.17) is 0 Å². The first kappa shape index (κ1) is 13.2. The monoisotopic (exact) mass is 198 g/mol. The van der Waals surface area contributed by atoms with Crippen LogP contribution in [0.2, 0.25) is 0 Å². The molecular weight excluding hydrogens is 176 g/mol. The lowest BCUT2D eigenvalue weighted by Gasteiger charge is -1.97. The van der Waals surface area contributed by atoms with E-state index < -0.39 is 0 Å². The predicted octanol–water partition coefficient (Wildman–Crippen LogP) is 3.47. The second-order valence-electron chi connectivity index (χ2n) is 3.46. The summed E-state index contributed by atoms with van der Waals surface area (Å²) in [4.78, 5) is 9.78. The molecule has 0 aromatic rings. The summed E-state index contributed by atoms with van der Waals surface area (Å²) in [5.41, 5.74) is 0. The van der Waals surface area contributed by atoms with Crippen molar-refractivity contribution in [3.63, 3.8) is 0 Å². The van der Waals surface area contributed by atoms with Gasteiger partial charge in [0.05, 0.1) is 0 Å². The second kappa shape index (κ2) is 12.2. The van der Waals surface area contributed by atoms with E-state index in [2.05, 4.69) is 17.7 Å². The zero-order valence-electron chi connectivity index (χ0n) is 9.21.